The van der Waals surface area contributed by atoms with Crippen molar-refractivity contribution in [1.82, 2.24) is 5.06 Å². The Hall–Kier alpha value is -0.700. The Bertz CT molecular complexity index is 270. The lowest BCUT2D eigenvalue weighted by molar-refractivity contribution is -0.200. The molecule has 0 aromatic rings. The number of rotatable bonds is 5. The second-order valence-corrected chi connectivity index (χ2v) is 3.87. The maximum absolute atomic E-state index is 11.1. The molecule has 0 unspecified atom stereocenters. The summed E-state index contributed by atoms with van der Waals surface area (Å²) in [5.41, 5.74) is 0. The fourth-order valence-corrected chi connectivity index (χ4v) is 1.31. The van der Waals surface area contributed by atoms with Crippen molar-refractivity contribution in [2.24, 2.45) is 0 Å². The molecule has 1 rings (SSSR count). The first-order valence-electron chi connectivity index (χ1n) is 4.35. The molecule has 0 aliphatic carbocycles. The molecule has 1 saturated heterocycles. The average molecular weight is 329 g/mol. The molecule has 7 heteroatoms. The van der Waals surface area contributed by atoms with Gasteiger partial charge in [-0.15, -0.1) is 5.06 Å². The van der Waals surface area contributed by atoms with E-state index in [9.17, 15) is 14.4 Å². The Morgan fingerprint density at radius 2 is 2.00 bits per heavy atom. The van der Waals surface area contributed by atoms with Gasteiger partial charge in [0.2, 0.25) is 0 Å². The van der Waals surface area contributed by atoms with Crippen LogP contribution in [0.1, 0.15) is 14.3 Å². The summed E-state index contributed by atoms with van der Waals surface area (Å²) < 4.78 is 5.65. The van der Waals surface area contributed by atoms with Gasteiger partial charge in [-0.1, -0.05) is 22.6 Å². The zero-order valence-electron chi connectivity index (χ0n) is 7.90. The molecule has 86 valence electrons. The highest BCUT2D eigenvalue weighted by Gasteiger charge is 2.32. The standard InChI is InChI=1S/C8H10INO5.H2/c9-3-4-14-5-8(13)15-10-6(11)1-2-7(10)12;/h1-5H2;1H. The highest BCUT2D eigenvalue weighted by Crippen LogP contribution is 2.11. The summed E-state index contributed by atoms with van der Waals surface area (Å²) in [7, 11) is 0. The number of carbonyl (C=O) groups excluding carboxylic acids is 3. The third-order valence-corrected chi connectivity index (χ3v) is 2.08. The van der Waals surface area contributed by atoms with Crippen molar-refractivity contribution in [1.29, 1.82) is 0 Å². The second-order valence-electron chi connectivity index (χ2n) is 2.79. The van der Waals surface area contributed by atoms with Crippen LogP contribution in [0.25, 0.3) is 0 Å². The van der Waals surface area contributed by atoms with Crippen LogP contribution in [0.4, 0.5) is 0 Å². The van der Waals surface area contributed by atoms with Gasteiger partial charge in [0.25, 0.3) is 11.8 Å². The number of carbonyl (C=O) groups is 3. The van der Waals surface area contributed by atoms with Crippen molar-refractivity contribution < 1.29 is 25.4 Å². The molecule has 6 nitrogen and oxygen atoms in total. The van der Waals surface area contributed by atoms with Crippen LogP contribution in [0.15, 0.2) is 0 Å². The summed E-state index contributed by atoms with van der Waals surface area (Å²) in [6.07, 6.45) is 0.196. The van der Waals surface area contributed by atoms with Crippen LogP contribution < -0.4 is 0 Å². The topological polar surface area (TPSA) is 72.9 Å². The number of imide groups is 1. The smallest absolute Gasteiger partial charge is 0.358 e. The van der Waals surface area contributed by atoms with Crippen LogP contribution in [0.3, 0.4) is 0 Å². The zero-order chi connectivity index (χ0) is 11.3. The first-order chi connectivity index (χ1) is 7.15. The molecule has 0 bridgehead atoms. The lowest BCUT2D eigenvalue weighted by atomic mass is 10.4. The number of hydrogen-bond acceptors (Lipinski definition) is 5. The normalized spacial score (nSPS) is 15.9. The van der Waals surface area contributed by atoms with E-state index in [0.717, 1.165) is 4.43 Å². The fraction of sp³-hybridized carbons (Fsp3) is 0.625. The van der Waals surface area contributed by atoms with E-state index in [1.165, 1.54) is 0 Å². The van der Waals surface area contributed by atoms with Gasteiger partial charge in [-0.3, -0.25) is 9.59 Å². The van der Waals surface area contributed by atoms with Crippen molar-refractivity contribution in [3.63, 3.8) is 0 Å². The summed E-state index contributed by atoms with van der Waals surface area (Å²) in [6.45, 7) is 0.178. The molecule has 0 saturated carbocycles. The van der Waals surface area contributed by atoms with Crippen LogP contribution in [0.5, 0.6) is 0 Å². The van der Waals surface area contributed by atoms with E-state index in [0.29, 0.717) is 11.7 Å². The third kappa shape index (κ3) is 3.74. The fourth-order valence-electron chi connectivity index (χ4n) is 0.996. The SMILES string of the molecule is O=C(COCCI)ON1C(=O)CCC1=O.[HH]. The quantitative estimate of drug-likeness (QED) is 0.314. The first kappa shape index (κ1) is 12.4. The molecule has 1 aliphatic rings. The molecular formula is C8H12INO5. The van der Waals surface area contributed by atoms with Crippen LogP contribution in [0, 0.1) is 0 Å². The number of halogens is 1. The lowest BCUT2D eigenvalue weighted by Gasteiger charge is -2.12. The van der Waals surface area contributed by atoms with Gasteiger partial charge in [-0.2, -0.15) is 0 Å². The number of nitrogens with zero attached hydrogens (tertiary/aromatic N) is 1. The van der Waals surface area contributed by atoms with Crippen molar-refractivity contribution in [2.75, 3.05) is 17.6 Å². The number of hydroxylamine groups is 2. The highest BCUT2D eigenvalue weighted by atomic mass is 127. The van der Waals surface area contributed by atoms with E-state index in [-0.39, 0.29) is 20.9 Å². The minimum Gasteiger partial charge on any atom is -0.369 e. The molecule has 15 heavy (non-hydrogen) atoms. The predicted molar refractivity (Wildman–Crippen MR) is 59.0 cm³/mol. The summed E-state index contributed by atoms with van der Waals surface area (Å²) in [5.74, 6) is -1.70. The van der Waals surface area contributed by atoms with Crippen LogP contribution >= 0.6 is 22.6 Å². The summed E-state index contributed by atoms with van der Waals surface area (Å²) in [6, 6.07) is 0. The van der Waals surface area contributed by atoms with E-state index >= 15 is 0 Å². The Morgan fingerprint density at radius 1 is 1.40 bits per heavy atom. The molecule has 0 aromatic carbocycles. The van der Waals surface area contributed by atoms with Gasteiger partial charge in [-0.05, 0) is 0 Å². The third-order valence-electron chi connectivity index (χ3n) is 1.64. The monoisotopic (exact) mass is 329 g/mol. The maximum Gasteiger partial charge on any atom is 0.358 e. The second kappa shape index (κ2) is 6.01. The molecule has 1 aliphatic heterocycles. The van der Waals surface area contributed by atoms with E-state index in [2.05, 4.69) is 27.4 Å². The minimum atomic E-state index is -0.733. The number of ether oxygens (including phenoxy) is 1. The zero-order valence-corrected chi connectivity index (χ0v) is 10.1. The Kier molecular flexibility index (Phi) is 4.95. The minimum absolute atomic E-state index is 0. The van der Waals surface area contributed by atoms with E-state index in [1.54, 1.807) is 0 Å². The lowest BCUT2D eigenvalue weighted by Crippen LogP contribution is -2.33. The van der Waals surface area contributed by atoms with Gasteiger partial charge in [-0.25, -0.2) is 4.79 Å². The van der Waals surface area contributed by atoms with Crippen LogP contribution in [-0.4, -0.2) is 40.5 Å². The number of hydrogen-bond donors (Lipinski definition) is 0. The van der Waals surface area contributed by atoms with Crippen molar-refractivity contribution in [3.05, 3.63) is 0 Å². The summed E-state index contributed by atoms with van der Waals surface area (Å²) in [4.78, 5) is 37.7. The van der Waals surface area contributed by atoms with Gasteiger partial charge in [0, 0.05) is 18.7 Å². The number of alkyl halides is 1. The molecule has 0 radical (unpaired) electrons. The van der Waals surface area contributed by atoms with Crippen LogP contribution in [-0.2, 0) is 24.0 Å². The maximum atomic E-state index is 11.1. The predicted octanol–water partition coefficient (Wildman–Crippen LogP) is 0.291. The van der Waals surface area contributed by atoms with Crippen molar-refractivity contribution in [2.45, 2.75) is 12.8 Å². The summed E-state index contributed by atoms with van der Waals surface area (Å²) >= 11 is 2.10. The molecule has 0 N–H and O–H groups in total. The molecule has 1 heterocycles. The van der Waals surface area contributed by atoms with Gasteiger partial charge in [0.15, 0.2) is 0 Å². The molecule has 1 fully saturated rings. The Labute approximate surface area is 101 Å². The van der Waals surface area contributed by atoms with E-state index in [4.69, 9.17) is 4.74 Å². The highest BCUT2D eigenvalue weighted by molar-refractivity contribution is 14.1. The largest absolute Gasteiger partial charge is 0.369 e. The molecule has 0 spiro atoms. The van der Waals surface area contributed by atoms with Crippen molar-refractivity contribution in [3.8, 4) is 0 Å². The van der Waals surface area contributed by atoms with E-state index < -0.39 is 17.8 Å². The Morgan fingerprint density at radius 3 is 2.53 bits per heavy atom. The molecule has 0 aromatic heterocycles. The Balaban J connectivity index is 0.00000225. The molecule has 0 atom stereocenters. The van der Waals surface area contributed by atoms with Gasteiger partial charge >= 0.3 is 5.97 Å². The summed E-state index contributed by atoms with van der Waals surface area (Å²) in [5, 5.41) is 0.510. The molecular weight excluding hydrogens is 317 g/mol. The van der Waals surface area contributed by atoms with Crippen LogP contribution in [0.2, 0.25) is 0 Å². The van der Waals surface area contributed by atoms with Crippen molar-refractivity contribution >= 4 is 40.4 Å². The van der Waals surface area contributed by atoms with Gasteiger partial charge in [0.05, 0.1) is 6.61 Å². The van der Waals surface area contributed by atoms with E-state index in [1.807, 2.05) is 0 Å². The molecule has 2 amide bonds. The van der Waals surface area contributed by atoms with Gasteiger partial charge < -0.3 is 9.57 Å². The average Bonchev–Trinajstić information content (AvgIpc) is 2.50. The van der Waals surface area contributed by atoms with Gasteiger partial charge in [0.1, 0.15) is 6.61 Å². The first-order valence-corrected chi connectivity index (χ1v) is 5.88. The number of amides is 2.